The standard InChI is InChI=1S/C18H18N4O5S3/c1-21(2)18-20-16-13(29-18)8-14(28-16)17(24)27-9-15(23)22-6-5-10-7-11(30(19,25)26)3-4-12(10)22/h3-4,7-8H,5-6,9H2,1-2H3,(H2,19,25,26). The molecular weight excluding hydrogens is 448 g/mol. The van der Waals surface area contributed by atoms with Gasteiger partial charge in [0.25, 0.3) is 5.91 Å². The van der Waals surface area contributed by atoms with E-state index in [1.807, 2.05) is 19.0 Å². The summed E-state index contributed by atoms with van der Waals surface area (Å²) in [6, 6.07) is 6.09. The molecule has 1 aliphatic heterocycles. The lowest BCUT2D eigenvalue weighted by Crippen LogP contribution is -2.33. The van der Waals surface area contributed by atoms with Crippen molar-refractivity contribution in [3.63, 3.8) is 0 Å². The van der Waals surface area contributed by atoms with Crippen molar-refractivity contribution in [2.24, 2.45) is 5.14 Å². The molecule has 0 saturated carbocycles. The number of fused-ring (bicyclic) bond motifs is 2. The number of hydrogen-bond acceptors (Lipinski definition) is 9. The molecule has 0 atom stereocenters. The lowest BCUT2D eigenvalue weighted by molar-refractivity contribution is -0.121. The predicted octanol–water partition coefficient (Wildman–Crippen LogP) is 1.82. The number of thiophene rings is 1. The van der Waals surface area contributed by atoms with Crippen molar-refractivity contribution in [3.8, 4) is 0 Å². The number of amides is 1. The molecule has 2 N–H and O–H groups in total. The number of primary sulfonamides is 1. The number of hydrogen-bond donors (Lipinski definition) is 1. The van der Waals surface area contributed by atoms with Gasteiger partial charge in [-0.15, -0.1) is 11.3 Å². The molecule has 0 spiro atoms. The number of rotatable bonds is 5. The van der Waals surface area contributed by atoms with Gasteiger partial charge in [-0.2, -0.15) is 0 Å². The van der Waals surface area contributed by atoms with Gasteiger partial charge in [-0.05, 0) is 36.2 Å². The molecule has 12 heteroatoms. The third-order valence-electron chi connectivity index (χ3n) is 4.56. The Morgan fingerprint density at radius 1 is 1.27 bits per heavy atom. The lowest BCUT2D eigenvalue weighted by atomic mass is 10.2. The molecule has 1 aromatic carbocycles. The molecule has 0 unspecified atom stereocenters. The van der Waals surface area contributed by atoms with E-state index in [1.54, 1.807) is 12.1 Å². The van der Waals surface area contributed by atoms with E-state index < -0.39 is 22.6 Å². The van der Waals surface area contributed by atoms with E-state index in [-0.39, 0.29) is 10.8 Å². The Hall–Kier alpha value is -2.54. The SMILES string of the molecule is CN(C)c1nc2sc(C(=O)OCC(=O)N3CCc4cc(S(N)(=O)=O)ccc43)cc2s1. The lowest BCUT2D eigenvalue weighted by Gasteiger charge is -2.17. The normalized spacial score (nSPS) is 13.5. The summed E-state index contributed by atoms with van der Waals surface area (Å²) < 4.78 is 29.1. The van der Waals surface area contributed by atoms with Gasteiger partial charge in [-0.25, -0.2) is 23.3 Å². The molecule has 4 rings (SSSR count). The molecule has 9 nitrogen and oxygen atoms in total. The number of nitrogens with two attached hydrogens (primary N) is 1. The van der Waals surface area contributed by atoms with Crippen LogP contribution in [0, 0.1) is 0 Å². The summed E-state index contributed by atoms with van der Waals surface area (Å²) in [5, 5.41) is 6.01. The van der Waals surface area contributed by atoms with E-state index >= 15 is 0 Å². The molecule has 3 heterocycles. The van der Waals surface area contributed by atoms with E-state index in [0.717, 1.165) is 14.7 Å². The maximum absolute atomic E-state index is 12.6. The minimum Gasteiger partial charge on any atom is -0.451 e. The highest BCUT2D eigenvalue weighted by Crippen LogP contribution is 2.34. The van der Waals surface area contributed by atoms with Crippen molar-refractivity contribution in [2.45, 2.75) is 11.3 Å². The summed E-state index contributed by atoms with van der Waals surface area (Å²) >= 11 is 2.70. The topological polar surface area (TPSA) is 123 Å². The fraction of sp³-hybridized carbons (Fsp3) is 0.278. The summed E-state index contributed by atoms with van der Waals surface area (Å²) in [4.78, 5) is 33.9. The third kappa shape index (κ3) is 3.90. The third-order valence-corrected chi connectivity index (χ3v) is 7.78. The van der Waals surface area contributed by atoms with Crippen LogP contribution in [0.1, 0.15) is 15.2 Å². The Balaban J connectivity index is 1.42. The van der Waals surface area contributed by atoms with E-state index in [4.69, 9.17) is 9.88 Å². The molecule has 158 valence electrons. The van der Waals surface area contributed by atoms with Gasteiger partial charge in [0.1, 0.15) is 9.71 Å². The van der Waals surface area contributed by atoms with E-state index in [0.29, 0.717) is 29.1 Å². The highest BCUT2D eigenvalue weighted by atomic mass is 32.2. The van der Waals surface area contributed by atoms with Crippen molar-refractivity contribution in [1.29, 1.82) is 0 Å². The number of benzene rings is 1. The average molecular weight is 467 g/mol. The molecular formula is C18H18N4O5S3. The number of carbonyl (C=O) groups excluding carboxylic acids is 2. The first-order valence-electron chi connectivity index (χ1n) is 8.84. The molecule has 0 bridgehead atoms. The molecule has 1 amide bonds. The number of esters is 1. The largest absolute Gasteiger partial charge is 0.451 e. The van der Waals surface area contributed by atoms with Gasteiger partial charge in [0.15, 0.2) is 11.7 Å². The second kappa shape index (κ2) is 7.61. The average Bonchev–Trinajstić information content (AvgIpc) is 3.36. The Morgan fingerprint density at radius 3 is 2.70 bits per heavy atom. The first-order valence-corrected chi connectivity index (χ1v) is 12.0. The summed E-state index contributed by atoms with van der Waals surface area (Å²) in [7, 11) is -0.0103. The molecule has 0 radical (unpaired) electrons. The number of aromatic nitrogens is 1. The quantitative estimate of drug-likeness (QED) is 0.569. The monoisotopic (exact) mass is 466 g/mol. The van der Waals surface area contributed by atoms with Crippen LogP contribution in [0.4, 0.5) is 10.8 Å². The summed E-state index contributed by atoms with van der Waals surface area (Å²) in [6.45, 7) is -0.0249. The van der Waals surface area contributed by atoms with Crippen LogP contribution in [0.15, 0.2) is 29.2 Å². The van der Waals surface area contributed by atoms with Crippen LogP contribution < -0.4 is 14.9 Å². The zero-order chi connectivity index (χ0) is 21.6. The highest BCUT2D eigenvalue weighted by Gasteiger charge is 2.27. The van der Waals surface area contributed by atoms with Crippen molar-refractivity contribution in [3.05, 3.63) is 34.7 Å². The van der Waals surface area contributed by atoms with Gasteiger partial charge in [0.2, 0.25) is 10.0 Å². The Morgan fingerprint density at radius 2 is 2.03 bits per heavy atom. The Bertz CT molecular complexity index is 1230. The van der Waals surface area contributed by atoms with Crippen molar-refractivity contribution in [2.75, 3.05) is 37.0 Å². The smallest absolute Gasteiger partial charge is 0.348 e. The maximum atomic E-state index is 12.6. The van der Waals surface area contributed by atoms with Gasteiger partial charge in [0.05, 0.1) is 9.60 Å². The van der Waals surface area contributed by atoms with E-state index in [9.17, 15) is 18.0 Å². The van der Waals surface area contributed by atoms with Crippen LogP contribution >= 0.6 is 22.7 Å². The van der Waals surface area contributed by atoms with E-state index in [1.165, 1.54) is 39.7 Å². The van der Waals surface area contributed by atoms with Crippen LogP contribution in [0.3, 0.4) is 0 Å². The summed E-state index contributed by atoms with van der Waals surface area (Å²) in [5.41, 5.74) is 1.31. The molecule has 2 aromatic heterocycles. The van der Waals surface area contributed by atoms with Gasteiger partial charge in [0, 0.05) is 26.3 Å². The van der Waals surface area contributed by atoms with Gasteiger partial charge in [-0.1, -0.05) is 11.3 Å². The Labute approximate surface area is 180 Å². The first-order chi connectivity index (χ1) is 14.1. The van der Waals surface area contributed by atoms with Gasteiger partial charge < -0.3 is 14.5 Å². The molecule has 1 aliphatic rings. The second-order valence-corrected chi connectivity index (χ2v) is 10.5. The van der Waals surface area contributed by atoms with Gasteiger partial charge in [-0.3, -0.25) is 4.79 Å². The number of anilines is 2. The molecule has 30 heavy (non-hydrogen) atoms. The summed E-state index contributed by atoms with van der Waals surface area (Å²) in [6.07, 6.45) is 0.499. The van der Waals surface area contributed by atoms with Crippen molar-refractivity contribution in [1.82, 2.24) is 4.98 Å². The van der Waals surface area contributed by atoms with Crippen molar-refractivity contribution < 1.29 is 22.7 Å². The highest BCUT2D eigenvalue weighted by molar-refractivity contribution is 7.89. The van der Waals surface area contributed by atoms with Crippen LogP contribution in [0.5, 0.6) is 0 Å². The zero-order valence-electron chi connectivity index (χ0n) is 16.1. The number of carbonyl (C=O) groups is 2. The van der Waals surface area contributed by atoms with Crippen LogP contribution in [0.25, 0.3) is 9.53 Å². The first kappa shape index (κ1) is 20.7. The number of thiazole rings is 1. The van der Waals surface area contributed by atoms with Gasteiger partial charge >= 0.3 is 5.97 Å². The van der Waals surface area contributed by atoms with Crippen LogP contribution in [-0.2, 0) is 26.0 Å². The van der Waals surface area contributed by atoms with E-state index in [2.05, 4.69) is 4.98 Å². The number of nitrogens with zero attached hydrogens (tertiary/aromatic N) is 3. The fourth-order valence-corrected chi connectivity index (χ4v) is 5.70. The molecule has 3 aromatic rings. The Kier molecular flexibility index (Phi) is 5.26. The minimum atomic E-state index is -3.81. The zero-order valence-corrected chi connectivity index (χ0v) is 18.6. The molecule has 0 fully saturated rings. The summed E-state index contributed by atoms with van der Waals surface area (Å²) in [5.74, 6) is -0.953. The van der Waals surface area contributed by atoms with Crippen LogP contribution in [0.2, 0.25) is 0 Å². The van der Waals surface area contributed by atoms with Crippen molar-refractivity contribution >= 4 is 64.9 Å². The number of ether oxygens (including phenoxy) is 1. The molecule has 0 saturated heterocycles. The second-order valence-electron chi connectivity index (χ2n) is 6.88. The minimum absolute atomic E-state index is 0.00525. The van der Waals surface area contributed by atoms with Crippen LogP contribution in [-0.4, -0.2) is 52.5 Å². The fourth-order valence-electron chi connectivity index (χ4n) is 3.11. The maximum Gasteiger partial charge on any atom is 0.348 e. The molecule has 0 aliphatic carbocycles. The number of sulfonamides is 1. The predicted molar refractivity (Wildman–Crippen MR) is 116 cm³/mol.